The first kappa shape index (κ1) is 22.4. The molecule has 0 saturated carbocycles. The van der Waals surface area contributed by atoms with Gasteiger partial charge in [-0.15, -0.1) is 0 Å². The SMILES string of the molecule is Cc1ccccc1NC(=O)CSc1nc2ccccc2n1CC(=O)N1[C@H](C)CCC[C@@H]1C. The van der Waals surface area contributed by atoms with Crippen LogP contribution in [0, 0.1) is 6.92 Å². The lowest BCUT2D eigenvalue weighted by Crippen LogP contribution is -2.48. The summed E-state index contributed by atoms with van der Waals surface area (Å²) >= 11 is 1.37. The van der Waals surface area contributed by atoms with Crippen LogP contribution < -0.4 is 5.32 Å². The number of carbonyl (C=O) groups is 2. The number of hydrogen-bond donors (Lipinski definition) is 1. The molecule has 0 spiro atoms. The minimum absolute atomic E-state index is 0.0903. The Kier molecular flexibility index (Phi) is 6.84. The average Bonchev–Trinajstić information content (AvgIpc) is 3.11. The van der Waals surface area contributed by atoms with E-state index < -0.39 is 0 Å². The molecule has 7 heteroatoms. The van der Waals surface area contributed by atoms with Crippen LogP contribution >= 0.6 is 11.8 Å². The monoisotopic (exact) mass is 450 g/mol. The van der Waals surface area contributed by atoms with Gasteiger partial charge in [-0.25, -0.2) is 4.98 Å². The number of likely N-dealkylation sites (tertiary alicyclic amines) is 1. The molecule has 2 heterocycles. The van der Waals surface area contributed by atoms with Crippen molar-refractivity contribution in [2.24, 2.45) is 0 Å². The van der Waals surface area contributed by atoms with Crippen LogP contribution in [-0.4, -0.2) is 44.1 Å². The summed E-state index contributed by atoms with van der Waals surface area (Å²) in [5.41, 5.74) is 3.59. The van der Waals surface area contributed by atoms with Gasteiger partial charge < -0.3 is 14.8 Å². The van der Waals surface area contributed by atoms with Crippen molar-refractivity contribution in [1.82, 2.24) is 14.5 Å². The van der Waals surface area contributed by atoms with Crippen LogP contribution in [0.1, 0.15) is 38.7 Å². The van der Waals surface area contributed by atoms with E-state index in [1.165, 1.54) is 11.8 Å². The van der Waals surface area contributed by atoms with Crippen LogP contribution in [-0.2, 0) is 16.1 Å². The number of amides is 2. The lowest BCUT2D eigenvalue weighted by atomic mass is 9.97. The molecule has 6 nitrogen and oxygen atoms in total. The number of benzene rings is 2. The molecular formula is C25H30N4O2S. The van der Waals surface area contributed by atoms with E-state index in [0.717, 1.165) is 41.5 Å². The summed E-state index contributed by atoms with van der Waals surface area (Å²) in [4.78, 5) is 32.6. The number of carbonyl (C=O) groups excluding carboxylic acids is 2. The van der Waals surface area contributed by atoms with Gasteiger partial charge in [-0.3, -0.25) is 9.59 Å². The van der Waals surface area contributed by atoms with Gasteiger partial charge in [-0.2, -0.15) is 0 Å². The van der Waals surface area contributed by atoms with E-state index in [9.17, 15) is 9.59 Å². The van der Waals surface area contributed by atoms with E-state index in [1.54, 1.807) is 0 Å². The number of para-hydroxylation sites is 3. The molecule has 0 unspecified atom stereocenters. The zero-order chi connectivity index (χ0) is 22.7. The van der Waals surface area contributed by atoms with E-state index in [0.29, 0.717) is 5.16 Å². The lowest BCUT2D eigenvalue weighted by molar-refractivity contribution is -0.138. The van der Waals surface area contributed by atoms with Crippen molar-refractivity contribution in [3.8, 4) is 0 Å². The van der Waals surface area contributed by atoms with Crippen LogP contribution in [0.25, 0.3) is 11.0 Å². The van der Waals surface area contributed by atoms with Crippen LogP contribution in [0.4, 0.5) is 5.69 Å². The minimum Gasteiger partial charge on any atom is -0.336 e. The molecule has 4 rings (SSSR count). The number of nitrogens with zero attached hydrogens (tertiary/aromatic N) is 3. The first-order valence-corrected chi connectivity index (χ1v) is 12.2. The summed E-state index contributed by atoms with van der Waals surface area (Å²) in [6, 6.07) is 16.0. The van der Waals surface area contributed by atoms with Gasteiger partial charge in [0.05, 0.1) is 16.8 Å². The summed E-state index contributed by atoms with van der Waals surface area (Å²) in [6.07, 6.45) is 3.25. The second kappa shape index (κ2) is 9.77. The third kappa shape index (κ3) is 4.83. The Hall–Kier alpha value is -2.80. The largest absolute Gasteiger partial charge is 0.336 e. The second-order valence-electron chi connectivity index (χ2n) is 8.55. The molecule has 1 saturated heterocycles. The van der Waals surface area contributed by atoms with Gasteiger partial charge in [0.15, 0.2) is 5.16 Å². The molecule has 1 aromatic heterocycles. The highest BCUT2D eigenvalue weighted by molar-refractivity contribution is 7.99. The molecule has 0 radical (unpaired) electrons. The molecule has 2 aromatic carbocycles. The van der Waals surface area contributed by atoms with E-state index in [1.807, 2.05) is 64.9 Å². The topological polar surface area (TPSA) is 67.2 Å². The predicted molar refractivity (Wildman–Crippen MR) is 130 cm³/mol. The van der Waals surface area contributed by atoms with E-state index in [4.69, 9.17) is 4.98 Å². The van der Waals surface area contributed by atoms with Crippen LogP contribution in [0.2, 0.25) is 0 Å². The smallest absolute Gasteiger partial charge is 0.243 e. The number of hydrogen-bond acceptors (Lipinski definition) is 4. The summed E-state index contributed by atoms with van der Waals surface area (Å²) in [5.74, 6) is 0.245. The maximum Gasteiger partial charge on any atom is 0.243 e. The number of piperidine rings is 1. The molecule has 1 aliphatic rings. The second-order valence-corrected chi connectivity index (χ2v) is 9.49. The Morgan fingerprint density at radius 2 is 1.75 bits per heavy atom. The predicted octanol–water partition coefficient (Wildman–Crippen LogP) is 4.87. The molecular weight excluding hydrogens is 420 g/mol. The van der Waals surface area contributed by atoms with Gasteiger partial charge in [0, 0.05) is 17.8 Å². The third-order valence-corrected chi connectivity index (χ3v) is 7.12. The minimum atomic E-state index is -0.0903. The van der Waals surface area contributed by atoms with E-state index in [-0.39, 0.29) is 36.2 Å². The van der Waals surface area contributed by atoms with Gasteiger partial charge in [-0.05, 0) is 63.8 Å². The number of aryl methyl sites for hydroxylation is 1. The molecule has 2 amide bonds. The van der Waals surface area contributed by atoms with Crippen molar-refractivity contribution in [1.29, 1.82) is 0 Å². The Morgan fingerprint density at radius 1 is 1.06 bits per heavy atom. The number of anilines is 1. The number of rotatable bonds is 6. The maximum absolute atomic E-state index is 13.3. The van der Waals surface area contributed by atoms with Crippen LogP contribution in [0.3, 0.4) is 0 Å². The first-order valence-electron chi connectivity index (χ1n) is 11.2. The van der Waals surface area contributed by atoms with E-state index in [2.05, 4.69) is 19.2 Å². The van der Waals surface area contributed by atoms with Gasteiger partial charge in [0.1, 0.15) is 6.54 Å². The van der Waals surface area contributed by atoms with Crippen molar-refractivity contribution < 1.29 is 9.59 Å². The highest BCUT2D eigenvalue weighted by Crippen LogP contribution is 2.27. The summed E-state index contributed by atoms with van der Waals surface area (Å²) in [6.45, 7) is 6.46. The number of aromatic nitrogens is 2. The molecule has 1 aliphatic heterocycles. The first-order chi connectivity index (χ1) is 15.4. The number of imidazole rings is 1. The Morgan fingerprint density at radius 3 is 2.50 bits per heavy atom. The molecule has 3 aromatic rings. The normalized spacial score (nSPS) is 18.7. The summed E-state index contributed by atoms with van der Waals surface area (Å²) < 4.78 is 1.96. The maximum atomic E-state index is 13.3. The number of thioether (sulfide) groups is 1. The standard InChI is InChI=1S/C25H30N4O2S/c1-17-9-4-5-12-20(17)26-23(30)16-32-25-27-21-13-6-7-14-22(21)28(25)15-24(31)29-18(2)10-8-11-19(29)3/h4-7,9,12-14,18-19H,8,10-11,15-16H2,1-3H3,(H,26,30)/t18-,19+. The van der Waals surface area contributed by atoms with Crippen molar-refractivity contribution in [2.45, 2.75) is 63.8 Å². The van der Waals surface area contributed by atoms with Gasteiger partial charge in [0.25, 0.3) is 0 Å². The van der Waals surface area contributed by atoms with Crippen molar-refractivity contribution in [3.63, 3.8) is 0 Å². The van der Waals surface area contributed by atoms with Crippen molar-refractivity contribution in [3.05, 3.63) is 54.1 Å². The highest BCUT2D eigenvalue weighted by atomic mass is 32.2. The molecule has 2 atom stereocenters. The lowest BCUT2D eigenvalue weighted by Gasteiger charge is -2.39. The Labute approximate surface area is 193 Å². The fraction of sp³-hybridized carbons (Fsp3) is 0.400. The Balaban J connectivity index is 1.52. The fourth-order valence-electron chi connectivity index (χ4n) is 4.48. The van der Waals surface area contributed by atoms with Crippen LogP contribution in [0.15, 0.2) is 53.7 Å². The molecule has 168 valence electrons. The zero-order valence-electron chi connectivity index (χ0n) is 18.9. The number of nitrogens with one attached hydrogen (secondary N) is 1. The van der Waals surface area contributed by atoms with Gasteiger partial charge >= 0.3 is 0 Å². The summed E-state index contributed by atoms with van der Waals surface area (Å²) in [5, 5.41) is 3.66. The van der Waals surface area contributed by atoms with Crippen molar-refractivity contribution >= 4 is 40.3 Å². The molecule has 32 heavy (non-hydrogen) atoms. The fourth-order valence-corrected chi connectivity index (χ4v) is 5.29. The molecule has 0 bridgehead atoms. The molecule has 1 fully saturated rings. The zero-order valence-corrected chi connectivity index (χ0v) is 19.7. The molecule has 1 N–H and O–H groups in total. The van der Waals surface area contributed by atoms with Gasteiger partial charge in [-0.1, -0.05) is 42.1 Å². The average molecular weight is 451 g/mol. The third-order valence-electron chi connectivity index (χ3n) is 6.15. The van der Waals surface area contributed by atoms with E-state index >= 15 is 0 Å². The van der Waals surface area contributed by atoms with Crippen molar-refractivity contribution in [2.75, 3.05) is 11.1 Å². The number of fused-ring (bicyclic) bond motifs is 1. The summed E-state index contributed by atoms with van der Waals surface area (Å²) in [7, 11) is 0. The van der Waals surface area contributed by atoms with Crippen LogP contribution in [0.5, 0.6) is 0 Å². The molecule has 0 aliphatic carbocycles. The van der Waals surface area contributed by atoms with Gasteiger partial charge in [0.2, 0.25) is 11.8 Å². The quantitative estimate of drug-likeness (QED) is 0.545. The Bertz CT molecular complexity index is 1120. The highest BCUT2D eigenvalue weighted by Gasteiger charge is 2.29.